The normalized spacial score (nSPS) is 23.7. The van der Waals surface area contributed by atoms with Crippen LogP contribution in [0.4, 0.5) is 4.39 Å². The summed E-state index contributed by atoms with van der Waals surface area (Å²) in [6, 6.07) is 3.48. The van der Waals surface area contributed by atoms with Crippen molar-refractivity contribution in [2.24, 2.45) is 0 Å². The van der Waals surface area contributed by atoms with Crippen LogP contribution < -0.4 is 5.32 Å². The van der Waals surface area contributed by atoms with Crippen LogP contribution in [-0.4, -0.2) is 21.9 Å². The Labute approximate surface area is 114 Å². The minimum atomic E-state index is -0.555. The van der Waals surface area contributed by atoms with Crippen LogP contribution in [0.25, 0.3) is 0 Å². The zero-order chi connectivity index (χ0) is 13.1. The minimum Gasteiger partial charge on any atom is -0.507 e. The highest BCUT2D eigenvalue weighted by atomic mass is 79.9. The van der Waals surface area contributed by atoms with E-state index >= 15 is 0 Å². The van der Waals surface area contributed by atoms with E-state index in [1.54, 1.807) is 0 Å². The number of nitrogens with one attached hydrogen (secondary N) is 1. The molecule has 1 aliphatic carbocycles. The number of carbonyl (C=O) groups excluding carboxylic acids is 1. The molecule has 2 rings (SSSR count). The molecule has 2 unspecified atom stereocenters. The van der Waals surface area contributed by atoms with Crippen LogP contribution in [0.2, 0.25) is 0 Å². The van der Waals surface area contributed by atoms with Gasteiger partial charge in [0.1, 0.15) is 11.6 Å². The number of phenolic OH excluding ortho intramolecular Hbond substituents is 1. The maximum absolute atomic E-state index is 12.8. The molecule has 2 N–H and O–H groups in total. The molecule has 1 saturated carbocycles. The standard InChI is InChI=1S/C13H15BrFNO2/c14-10-3-1-2-4-11(10)16-13(18)9-6-5-8(15)7-12(9)17/h5-7,10-11,17H,1-4H2,(H,16,18). The molecule has 0 radical (unpaired) electrons. The molecule has 5 heteroatoms. The summed E-state index contributed by atoms with van der Waals surface area (Å²) in [5, 5.41) is 12.4. The van der Waals surface area contributed by atoms with Gasteiger partial charge in [-0.1, -0.05) is 28.8 Å². The second-order valence-corrected chi connectivity index (χ2v) is 5.72. The molecule has 1 aromatic carbocycles. The topological polar surface area (TPSA) is 49.3 Å². The molecule has 2 atom stereocenters. The second kappa shape index (κ2) is 5.69. The second-order valence-electron chi connectivity index (χ2n) is 4.54. The Hall–Kier alpha value is -1.10. The van der Waals surface area contributed by atoms with Crippen molar-refractivity contribution >= 4 is 21.8 Å². The summed E-state index contributed by atoms with van der Waals surface area (Å²) in [6.45, 7) is 0. The molecule has 98 valence electrons. The monoisotopic (exact) mass is 315 g/mol. The average Bonchev–Trinajstić information content (AvgIpc) is 2.32. The van der Waals surface area contributed by atoms with Gasteiger partial charge in [-0.25, -0.2) is 4.39 Å². The maximum atomic E-state index is 12.8. The van der Waals surface area contributed by atoms with E-state index in [1.807, 2.05) is 0 Å². The molecule has 1 fully saturated rings. The highest BCUT2D eigenvalue weighted by Gasteiger charge is 2.25. The SMILES string of the molecule is O=C(NC1CCCCC1Br)c1ccc(F)cc1O. The number of carbonyl (C=O) groups is 1. The van der Waals surface area contributed by atoms with E-state index in [2.05, 4.69) is 21.2 Å². The Bertz CT molecular complexity index is 453. The highest BCUT2D eigenvalue weighted by Crippen LogP contribution is 2.25. The molecule has 3 nitrogen and oxygen atoms in total. The summed E-state index contributed by atoms with van der Waals surface area (Å²) in [5.41, 5.74) is 0.113. The molecule has 0 spiro atoms. The molecule has 1 aliphatic rings. The molecular weight excluding hydrogens is 301 g/mol. The first kappa shape index (κ1) is 13.3. The quantitative estimate of drug-likeness (QED) is 0.824. The number of alkyl halides is 1. The van der Waals surface area contributed by atoms with Crippen LogP contribution in [0.5, 0.6) is 5.75 Å². The minimum absolute atomic E-state index is 0.0655. The lowest BCUT2D eigenvalue weighted by molar-refractivity contribution is 0.0927. The van der Waals surface area contributed by atoms with Gasteiger partial charge < -0.3 is 10.4 Å². The van der Waals surface area contributed by atoms with Gasteiger partial charge in [0.15, 0.2) is 0 Å². The largest absolute Gasteiger partial charge is 0.507 e. The number of hydrogen-bond donors (Lipinski definition) is 2. The van der Waals surface area contributed by atoms with Crippen molar-refractivity contribution in [1.82, 2.24) is 5.32 Å². The number of rotatable bonds is 2. The third-order valence-corrected chi connectivity index (χ3v) is 4.30. The van der Waals surface area contributed by atoms with Gasteiger partial charge in [0.05, 0.1) is 5.56 Å². The number of hydrogen-bond acceptors (Lipinski definition) is 2. The van der Waals surface area contributed by atoms with E-state index in [1.165, 1.54) is 12.1 Å². The highest BCUT2D eigenvalue weighted by molar-refractivity contribution is 9.09. The molecule has 0 aromatic heterocycles. The first-order valence-corrected chi connectivity index (χ1v) is 6.93. The van der Waals surface area contributed by atoms with Gasteiger partial charge in [-0.2, -0.15) is 0 Å². The van der Waals surface area contributed by atoms with Gasteiger partial charge in [0, 0.05) is 16.9 Å². The van der Waals surface area contributed by atoms with E-state index in [4.69, 9.17) is 0 Å². The van der Waals surface area contributed by atoms with Crippen LogP contribution in [0.1, 0.15) is 36.0 Å². The van der Waals surface area contributed by atoms with Gasteiger partial charge in [0.2, 0.25) is 0 Å². The predicted molar refractivity (Wildman–Crippen MR) is 70.5 cm³/mol. The van der Waals surface area contributed by atoms with Crippen molar-refractivity contribution in [3.63, 3.8) is 0 Å². The van der Waals surface area contributed by atoms with Gasteiger partial charge >= 0.3 is 0 Å². The Kier molecular flexibility index (Phi) is 4.22. The Morgan fingerprint density at radius 2 is 2.11 bits per heavy atom. The van der Waals surface area contributed by atoms with Crippen LogP contribution in [0.3, 0.4) is 0 Å². The lowest BCUT2D eigenvalue weighted by Crippen LogP contribution is -2.42. The van der Waals surface area contributed by atoms with E-state index in [0.717, 1.165) is 31.7 Å². The lowest BCUT2D eigenvalue weighted by atomic mass is 9.95. The third-order valence-electron chi connectivity index (χ3n) is 3.20. The average molecular weight is 316 g/mol. The molecule has 18 heavy (non-hydrogen) atoms. The summed E-state index contributed by atoms with van der Waals surface area (Å²) < 4.78 is 12.8. The third kappa shape index (κ3) is 3.02. The fourth-order valence-electron chi connectivity index (χ4n) is 2.19. The molecule has 0 heterocycles. The van der Waals surface area contributed by atoms with E-state index in [9.17, 15) is 14.3 Å². The van der Waals surface area contributed by atoms with Crippen molar-refractivity contribution in [2.75, 3.05) is 0 Å². The van der Waals surface area contributed by atoms with Crippen LogP contribution in [0, 0.1) is 5.82 Å². The number of halogens is 2. The fourth-order valence-corrected chi connectivity index (χ4v) is 2.91. The smallest absolute Gasteiger partial charge is 0.255 e. The molecule has 1 amide bonds. The van der Waals surface area contributed by atoms with Crippen molar-refractivity contribution in [2.45, 2.75) is 36.6 Å². The van der Waals surface area contributed by atoms with E-state index < -0.39 is 5.82 Å². The van der Waals surface area contributed by atoms with Gasteiger partial charge in [-0.05, 0) is 25.0 Å². The molecule has 1 aromatic rings. The van der Waals surface area contributed by atoms with Crippen molar-refractivity contribution in [3.8, 4) is 5.75 Å². The number of amides is 1. The molecule has 0 saturated heterocycles. The van der Waals surface area contributed by atoms with Crippen LogP contribution in [-0.2, 0) is 0 Å². The van der Waals surface area contributed by atoms with Crippen molar-refractivity contribution < 1.29 is 14.3 Å². The Balaban J connectivity index is 2.07. The first-order valence-electron chi connectivity index (χ1n) is 6.01. The van der Waals surface area contributed by atoms with E-state index in [0.29, 0.717) is 0 Å². The molecule has 0 aliphatic heterocycles. The van der Waals surface area contributed by atoms with Crippen LogP contribution >= 0.6 is 15.9 Å². The zero-order valence-electron chi connectivity index (χ0n) is 9.83. The van der Waals surface area contributed by atoms with Gasteiger partial charge in [-0.15, -0.1) is 0 Å². The van der Waals surface area contributed by atoms with Gasteiger partial charge in [0.25, 0.3) is 5.91 Å². The maximum Gasteiger partial charge on any atom is 0.255 e. The summed E-state index contributed by atoms with van der Waals surface area (Å²) >= 11 is 3.55. The number of benzene rings is 1. The number of phenols is 1. The fraction of sp³-hybridized carbons (Fsp3) is 0.462. The first-order chi connectivity index (χ1) is 8.58. The molecule has 0 bridgehead atoms. The van der Waals surface area contributed by atoms with Crippen molar-refractivity contribution in [1.29, 1.82) is 0 Å². The summed E-state index contributed by atoms with van der Waals surface area (Å²) in [7, 11) is 0. The zero-order valence-corrected chi connectivity index (χ0v) is 11.4. The van der Waals surface area contributed by atoms with Crippen molar-refractivity contribution in [3.05, 3.63) is 29.6 Å². The van der Waals surface area contributed by atoms with Gasteiger partial charge in [-0.3, -0.25) is 4.79 Å². The predicted octanol–water partition coefficient (Wildman–Crippen LogP) is 2.97. The summed E-state index contributed by atoms with van der Waals surface area (Å²) in [4.78, 5) is 12.2. The summed E-state index contributed by atoms with van der Waals surface area (Å²) in [5.74, 6) is -1.24. The van der Waals surface area contributed by atoms with E-state index in [-0.39, 0.29) is 28.1 Å². The Morgan fingerprint density at radius 3 is 2.78 bits per heavy atom. The molecular formula is C13H15BrFNO2. The van der Waals surface area contributed by atoms with Crippen LogP contribution in [0.15, 0.2) is 18.2 Å². The number of aromatic hydroxyl groups is 1. The Morgan fingerprint density at radius 1 is 1.39 bits per heavy atom. The lowest BCUT2D eigenvalue weighted by Gasteiger charge is -2.28. The summed E-state index contributed by atoms with van der Waals surface area (Å²) in [6.07, 6.45) is 4.19.